The zero-order chi connectivity index (χ0) is 34.1. The van der Waals surface area contributed by atoms with Crippen LogP contribution in [0.2, 0.25) is 0 Å². The van der Waals surface area contributed by atoms with Crippen molar-refractivity contribution in [2.75, 3.05) is 0 Å². The molecule has 0 bridgehead atoms. The van der Waals surface area contributed by atoms with Gasteiger partial charge in [0.1, 0.15) is 0 Å². The third-order valence-corrected chi connectivity index (χ3v) is 10.9. The van der Waals surface area contributed by atoms with E-state index in [0.29, 0.717) is 11.8 Å². The standard InChI is InChI=1S/C33H33.C9H18.C5H5.2ClH.Zr/c1-23(16-26-10-6-4-7-11-26)24(2)17-28-14-15-32-31(20-28)21-30-18-25(3)29(22-33(30)32)19-27-12-8-5-9-13-27;1-3-5-7-9-8-6-4-2;1-2-4-5-3-1;;;/h4-15,18,22-24H,16-17,19,21H2,1-3H3;3-8H2,1-2H3;1-3H,4H2;2*1H;/q-1;;-1;;;+2/p-2. The second-order valence-corrected chi connectivity index (χ2v) is 15.6. The van der Waals surface area contributed by atoms with Crippen LogP contribution in [-0.4, -0.2) is 3.21 Å². The Bertz CT molecular complexity index is 1600. The first-order valence-corrected chi connectivity index (χ1v) is 19.6. The average molecular weight is 783 g/mol. The predicted octanol–water partition coefficient (Wildman–Crippen LogP) is 6.41. The van der Waals surface area contributed by atoms with Gasteiger partial charge in [-0.25, -0.2) is 12.2 Å². The van der Waals surface area contributed by atoms with Crippen molar-refractivity contribution in [3.8, 4) is 11.1 Å². The number of unbranched alkanes of at least 4 members (excludes halogenated alkanes) is 2. The molecular formula is C47H56Cl2Zr-2. The number of allylic oxidation sites excluding steroid dienone is 4. The third-order valence-electron chi connectivity index (χ3n) is 9.71. The molecule has 2 unspecified atom stereocenters. The quantitative estimate of drug-likeness (QED) is 0.121. The average Bonchev–Trinajstić information content (AvgIpc) is 3.80. The maximum atomic E-state index is 3.81. The predicted molar refractivity (Wildman–Crippen MR) is 205 cm³/mol. The fourth-order valence-corrected chi connectivity index (χ4v) is 7.35. The molecule has 0 nitrogen and oxygen atoms in total. The van der Waals surface area contributed by atoms with Crippen LogP contribution in [0.5, 0.6) is 0 Å². The van der Waals surface area contributed by atoms with Crippen molar-refractivity contribution < 1.29 is 49.0 Å². The minimum Gasteiger partial charge on any atom is -1.00 e. The first kappa shape index (κ1) is 43.9. The second-order valence-electron chi connectivity index (χ2n) is 13.8. The van der Waals surface area contributed by atoms with E-state index in [1.807, 2.05) is 12.2 Å². The Labute approximate surface area is 332 Å². The van der Waals surface area contributed by atoms with Crippen LogP contribution < -0.4 is 24.8 Å². The van der Waals surface area contributed by atoms with Crippen molar-refractivity contribution in [3.63, 3.8) is 0 Å². The van der Waals surface area contributed by atoms with Gasteiger partial charge in [0, 0.05) is 0 Å². The molecule has 0 heterocycles. The first-order chi connectivity index (χ1) is 23.4. The Hall–Kier alpha value is -2.31. The molecule has 4 aromatic carbocycles. The number of fused-ring (bicyclic) bond motifs is 3. The summed E-state index contributed by atoms with van der Waals surface area (Å²) in [7, 11) is 0. The van der Waals surface area contributed by atoms with Crippen LogP contribution in [0.4, 0.5) is 0 Å². The summed E-state index contributed by atoms with van der Waals surface area (Å²) in [4.78, 5) is 0. The topological polar surface area (TPSA) is 0 Å². The van der Waals surface area contributed by atoms with Crippen LogP contribution in [-0.2, 0) is 49.9 Å². The van der Waals surface area contributed by atoms with E-state index < -0.39 is 0 Å². The molecule has 2 aliphatic rings. The SMILES string of the molecule is CCCC[C](=[Zr+2])CCCC.Cc1cc2c(cc1Cc1ccccc1)-c1ccc(CC(C)C(C)Cc3ccccc3)[c-]c1C2.[C-]1=CC=CC1.[Cl-].[Cl-]. The van der Waals surface area contributed by atoms with Gasteiger partial charge in [0.05, 0.1) is 0 Å². The van der Waals surface area contributed by atoms with E-state index in [2.05, 4.69) is 138 Å². The molecule has 264 valence electrons. The van der Waals surface area contributed by atoms with Crippen molar-refractivity contribution in [1.82, 2.24) is 0 Å². The molecule has 50 heavy (non-hydrogen) atoms. The van der Waals surface area contributed by atoms with Gasteiger partial charge in [0.25, 0.3) is 0 Å². The molecule has 0 N–H and O–H groups in total. The van der Waals surface area contributed by atoms with Crippen LogP contribution >= 0.6 is 0 Å². The Balaban J connectivity index is 0.000000427. The van der Waals surface area contributed by atoms with Gasteiger partial charge in [0.15, 0.2) is 0 Å². The van der Waals surface area contributed by atoms with E-state index in [-0.39, 0.29) is 24.8 Å². The Morgan fingerprint density at radius 1 is 0.760 bits per heavy atom. The van der Waals surface area contributed by atoms with E-state index in [1.54, 1.807) is 27.4 Å². The van der Waals surface area contributed by atoms with Crippen LogP contribution in [0.3, 0.4) is 0 Å². The monoisotopic (exact) mass is 780 g/mol. The zero-order valence-electron chi connectivity index (χ0n) is 31.0. The van der Waals surface area contributed by atoms with Gasteiger partial charge in [-0.1, -0.05) is 92.2 Å². The Morgan fingerprint density at radius 3 is 1.94 bits per heavy atom. The molecule has 3 heteroatoms. The van der Waals surface area contributed by atoms with Crippen molar-refractivity contribution in [2.24, 2.45) is 11.8 Å². The molecule has 0 aromatic heterocycles. The van der Waals surface area contributed by atoms with Gasteiger partial charge in [0.2, 0.25) is 0 Å². The molecule has 2 atom stereocenters. The van der Waals surface area contributed by atoms with E-state index in [1.165, 1.54) is 88.6 Å². The van der Waals surface area contributed by atoms with E-state index in [9.17, 15) is 0 Å². The normalized spacial score (nSPS) is 12.9. The molecule has 6 rings (SSSR count). The molecular weight excluding hydrogens is 727 g/mol. The van der Waals surface area contributed by atoms with Crippen LogP contribution in [0, 0.1) is 30.9 Å². The van der Waals surface area contributed by atoms with Gasteiger partial charge < -0.3 is 24.8 Å². The number of hydrogen-bond acceptors (Lipinski definition) is 0. The summed E-state index contributed by atoms with van der Waals surface area (Å²) >= 11 is 1.67. The van der Waals surface area contributed by atoms with Crippen molar-refractivity contribution >= 4 is 3.21 Å². The summed E-state index contributed by atoms with van der Waals surface area (Å²) in [6.07, 6.45) is 22.6. The fraction of sp³-hybridized carbons (Fsp3) is 0.383. The Morgan fingerprint density at radius 2 is 1.38 bits per heavy atom. The van der Waals surface area contributed by atoms with E-state index in [4.69, 9.17) is 0 Å². The third kappa shape index (κ3) is 14.4. The number of aryl methyl sites for hydroxylation is 1. The van der Waals surface area contributed by atoms with Crippen molar-refractivity contribution in [1.29, 1.82) is 0 Å². The van der Waals surface area contributed by atoms with E-state index >= 15 is 0 Å². The van der Waals surface area contributed by atoms with Crippen molar-refractivity contribution in [3.05, 3.63) is 154 Å². The fourth-order valence-electron chi connectivity index (χ4n) is 6.49. The second kappa shape index (κ2) is 24.0. The van der Waals surface area contributed by atoms with Gasteiger partial charge in [-0.3, -0.25) is 6.08 Å². The molecule has 0 aliphatic heterocycles. The summed E-state index contributed by atoms with van der Waals surface area (Å²) in [5.41, 5.74) is 12.6. The smallest absolute Gasteiger partial charge is 0.00233 e. The number of halogens is 2. The molecule has 0 saturated heterocycles. The summed E-state index contributed by atoms with van der Waals surface area (Å²) in [5, 5.41) is 0. The van der Waals surface area contributed by atoms with Crippen LogP contribution in [0.15, 0.2) is 103 Å². The zero-order valence-corrected chi connectivity index (χ0v) is 35.0. The number of benzene rings is 4. The van der Waals surface area contributed by atoms with Gasteiger partial charge >= 0.3 is 79.8 Å². The molecule has 0 spiro atoms. The summed E-state index contributed by atoms with van der Waals surface area (Å²) in [6, 6.07) is 35.0. The largest absolute Gasteiger partial charge is 1.00 e. The minimum atomic E-state index is 0. The van der Waals surface area contributed by atoms with Crippen molar-refractivity contribution in [2.45, 2.75) is 105 Å². The first-order valence-electron chi connectivity index (χ1n) is 18.4. The van der Waals surface area contributed by atoms with E-state index in [0.717, 1.165) is 32.1 Å². The maximum absolute atomic E-state index is 3.81. The van der Waals surface area contributed by atoms with Gasteiger partial charge in [-0.05, 0) is 72.3 Å². The molecule has 2 aliphatic carbocycles. The maximum Gasteiger partial charge on any atom is -0.00233 e. The van der Waals surface area contributed by atoms with Crippen LogP contribution in [0.1, 0.15) is 112 Å². The molecule has 0 fully saturated rings. The summed E-state index contributed by atoms with van der Waals surface area (Å²) in [5.74, 6) is 1.28. The molecule has 0 saturated carbocycles. The molecule has 0 amide bonds. The minimum absolute atomic E-state index is 0. The molecule has 4 aromatic rings. The van der Waals surface area contributed by atoms with Gasteiger partial charge in [-0.15, -0.1) is 17.5 Å². The van der Waals surface area contributed by atoms with Crippen LogP contribution in [0.25, 0.3) is 11.1 Å². The number of rotatable bonds is 13. The Kier molecular flexibility index (Phi) is 21.1. The summed E-state index contributed by atoms with van der Waals surface area (Å²) in [6.45, 7) is 11.6. The number of hydrogen-bond donors (Lipinski definition) is 0. The molecule has 0 radical (unpaired) electrons. The summed E-state index contributed by atoms with van der Waals surface area (Å²) < 4.78 is 1.79. The van der Waals surface area contributed by atoms with Gasteiger partial charge in [-0.2, -0.15) is 29.8 Å².